The van der Waals surface area contributed by atoms with Gasteiger partial charge >= 0.3 is 0 Å². The van der Waals surface area contributed by atoms with Gasteiger partial charge in [-0.05, 0) is 39.3 Å². The molecule has 2 aromatic rings. The van der Waals surface area contributed by atoms with Gasteiger partial charge in [-0.3, -0.25) is 4.79 Å². The van der Waals surface area contributed by atoms with E-state index in [1.807, 2.05) is 19.1 Å². The Bertz CT molecular complexity index is 770. The van der Waals surface area contributed by atoms with Gasteiger partial charge in [-0.25, -0.2) is 9.97 Å². The van der Waals surface area contributed by atoms with Crippen molar-refractivity contribution in [2.45, 2.75) is 46.3 Å². The predicted molar refractivity (Wildman–Crippen MR) is 94.4 cm³/mol. The van der Waals surface area contributed by atoms with Crippen LogP contribution in [0.2, 0.25) is 0 Å². The Morgan fingerprint density at radius 3 is 2.75 bits per heavy atom. The number of hydrogen-bond acceptors (Lipinski definition) is 5. The summed E-state index contributed by atoms with van der Waals surface area (Å²) in [5.74, 6) is 1.49. The van der Waals surface area contributed by atoms with Crippen molar-refractivity contribution in [1.29, 1.82) is 0 Å². The summed E-state index contributed by atoms with van der Waals surface area (Å²) in [5, 5.41) is 0. The van der Waals surface area contributed by atoms with E-state index >= 15 is 0 Å². The normalized spacial score (nSPS) is 21.1. The molecule has 6 nitrogen and oxygen atoms in total. The monoisotopic (exact) mass is 328 g/mol. The zero-order valence-corrected chi connectivity index (χ0v) is 14.7. The Morgan fingerprint density at radius 1 is 1.33 bits per heavy atom. The zero-order valence-electron chi connectivity index (χ0n) is 14.7. The minimum atomic E-state index is -0.102. The predicted octanol–water partition coefficient (Wildman–Crippen LogP) is 2.45. The number of morpholine rings is 1. The van der Waals surface area contributed by atoms with Crippen LogP contribution < -0.4 is 10.5 Å². The van der Waals surface area contributed by atoms with E-state index in [2.05, 4.69) is 33.7 Å². The summed E-state index contributed by atoms with van der Waals surface area (Å²) in [5.41, 5.74) is 2.10. The molecule has 1 aliphatic rings. The lowest BCUT2D eigenvalue weighted by molar-refractivity contribution is -0.0174. The van der Waals surface area contributed by atoms with Crippen LogP contribution in [-0.2, 0) is 4.74 Å². The first-order valence-corrected chi connectivity index (χ1v) is 8.42. The Balaban J connectivity index is 1.84. The first-order valence-electron chi connectivity index (χ1n) is 8.42. The summed E-state index contributed by atoms with van der Waals surface area (Å²) < 4.78 is 5.90. The fraction of sp³-hybridized carbons (Fsp3) is 0.500. The van der Waals surface area contributed by atoms with E-state index in [1.54, 1.807) is 13.1 Å². The minimum absolute atomic E-state index is 0.102. The van der Waals surface area contributed by atoms with Crippen molar-refractivity contribution in [3.63, 3.8) is 0 Å². The second-order valence-corrected chi connectivity index (χ2v) is 6.41. The first kappa shape index (κ1) is 16.6. The van der Waals surface area contributed by atoms with Gasteiger partial charge in [-0.15, -0.1) is 0 Å². The lowest BCUT2D eigenvalue weighted by Crippen LogP contribution is -2.46. The van der Waals surface area contributed by atoms with Crippen LogP contribution >= 0.6 is 0 Å². The maximum absolute atomic E-state index is 11.9. The van der Waals surface area contributed by atoms with Crippen molar-refractivity contribution in [3.05, 3.63) is 39.9 Å². The summed E-state index contributed by atoms with van der Waals surface area (Å²) in [6.07, 6.45) is 3.20. The number of ether oxygens (including phenoxy) is 1. The number of pyridine rings is 1. The van der Waals surface area contributed by atoms with Crippen molar-refractivity contribution in [3.8, 4) is 11.4 Å². The largest absolute Gasteiger partial charge is 0.372 e. The third-order valence-electron chi connectivity index (χ3n) is 4.52. The van der Waals surface area contributed by atoms with Crippen LogP contribution in [0, 0.1) is 13.8 Å². The summed E-state index contributed by atoms with van der Waals surface area (Å²) in [7, 11) is 0. The molecule has 0 aliphatic carbocycles. The second kappa shape index (κ2) is 6.73. The topological polar surface area (TPSA) is 71.1 Å². The van der Waals surface area contributed by atoms with Gasteiger partial charge in [-0.1, -0.05) is 6.92 Å². The number of rotatable bonds is 3. The van der Waals surface area contributed by atoms with E-state index < -0.39 is 0 Å². The van der Waals surface area contributed by atoms with Crippen LogP contribution in [0.1, 0.15) is 31.5 Å². The fourth-order valence-electron chi connectivity index (χ4n) is 2.95. The number of anilines is 1. The van der Waals surface area contributed by atoms with Gasteiger partial charge in [0.25, 0.3) is 5.56 Å². The van der Waals surface area contributed by atoms with E-state index in [4.69, 9.17) is 4.74 Å². The molecule has 0 aromatic carbocycles. The van der Waals surface area contributed by atoms with E-state index in [0.717, 1.165) is 36.6 Å². The SMILES string of the molecule is CCC1CN(c2ccc(-c3nc(C)c(C)c(=O)[nH]3)cn2)CC(C)O1. The number of H-pyrrole nitrogens is 1. The van der Waals surface area contributed by atoms with Crippen LogP contribution in [0.4, 0.5) is 5.82 Å². The Labute approximate surface area is 141 Å². The average Bonchev–Trinajstić information content (AvgIpc) is 2.58. The summed E-state index contributed by atoms with van der Waals surface area (Å²) >= 11 is 0. The summed E-state index contributed by atoms with van der Waals surface area (Å²) in [6, 6.07) is 3.94. The standard InChI is InChI=1S/C18H24N4O2/c1-5-15-10-22(9-11(2)24-15)16-7-6-14(8-19-16)17-20-13(4)12(3)18(23)21-17/h6-8,11,15H,5,9-10H2,1-4H3,(H,20,21,23). The molecule has 3 rings (SSSR count). The molecule has 0 saturated carbocycles. The highest BCUT2D eigenvalue weighted by Crippen LogP contribution is 2.22. The molecular weight excluding hydrogens is 304 g/mol. The Kier molecular flexibility index (Phi) is 4.66. The Hall–Kier alpha value is -2.21. The van der Waals surface area contributed by atoms with Crippen LogP contribution in [0.25, 0.3) is 11.4 Å². The van der Waals surface area contributed by atoms with Gasteiger partial charge < -0.3 is 14.6 Å². The van der Waals surface area contributed by atoms with Gasteiger partial charge in [-0.2, -0.15) is 0 Å². The van der Waals surface area contributed by atoms with Crippen molar-refractivity contribution in [2.24, 2.45) is 0 Å². The zero-order chi connectivity index (χ0) is 17.3. The molecular formula is C18H24N4O2. The molecule has 2 atom stereocenters. The van der Waals surface area contributed by atoms with Gasteiger partial charge in [0.15, 0.2) is 0 Å². The molecule has 0 radical (unpaired) electrons. The van der Waals surface area contributed by atoms with E-state index in [9.17, 15) is 4.79 Å². The van der Waals surface area contributed by atoms with E-state index in [-0.39, 0.29) is 17.8 Å². The van der Waals surface area contributed by atoms with Crippen molar-refractivity contribution in [1.82, 2.24) is 15.0 Å². The molecule has 128 valence electrons. The average molecular weight is 328 g/mol. The van der Waals surface area contributed by atoms with Gasteiger partial charge in [0.05, 0.1) is 12.2 Å². The quantitative estimate of drug-likeness (QED) is 0.937. The van der Waals surface area contributed by atoms with Gasteiger partial charge in [0.2, 0.25) is 0 Å². The Morgan fingerprint density at radius 2 is 2.12 bits per heavy atom. The molecule has 2 aromatic heterocycles. The summed E-state index contributed by atoms with van der Waals surface area (Å²) in [4.78, 5) is 26.0. The maximum Gasteiger partial charge on any atom is 0.254 e. The number of aryl methyl sites for hydroxylation is 1. The molecule has 0 bridgehead atoms. The molecule has 1 saturated heterocycles. The maximum atomic E-state index is 11.9. The second-order valence-electron chi connectivity index (χ2n) is 6.41. The lowest BCUT2D eigenvalue weighted by atomic mass is 10.1. The third-order valence-corrected chi connectivity index (χ3v) is 4.52. The third kappa shape index (κ3) is 3.33. The van der Waals surface area contributed by atoms with Crippen LogP contribution in [0.15, 0.2) is 23.1 Å². The molecule has 24 heavy (non-hydrogen) atoms. The molecule has 6 heteroatoms. The van der Waals surface area contributed by atoms with Crippen molar-refractivity contribution in [2.75, 3.05) is 18.0 Å². The van der Waals surface area contributed by atoms with E-state index in [0.29, 0.717) is 11.4 Å². The van der Waals surface area contributed by atoms with E-state index in [1.165, 1.54) is 0 Å². The number of aromatic amines is 1. The molecule has 1 aliphatic heterocycles. The van der Waals surface area contributed by atoms with Crippen LogP contribution in [0.3, 0.4) is 0 Å². The minimum Gasteiger partial charge on any atom is -0.372 e. The van der Waals surface area contributed by atoms with Crippen molar-refractivity contribution >= 4 is 5.82 Å². The molecule has 1 fully saturated rings. The molecule has 1 N–H and O–H groups in total. The number of hydrogen-bond donors (Lipinski definition) is 1. The molecule has 2 unspecified atom stereocenters. The van der Waals surface area contributed by atoms with Crippen LogP contribution in [-0.4, -0.2) is 40.2 Å². The number of nitrogens with one attached hydrogen (secondary N) is 1. The molecule has 0 spiro atoms. The lowest BCUT2D eigenvalue weighted by Gasteiger charge is -2.37. The highest BCUT2D eigenvalue weighted by Gasteiger charge is 2.24. The van der Waals surface area contributed by atoms with Crippen LogP contribution in [0.5, 0.6) is 0 Å². The number of aromatic nitrogens is 3. The smallest absolute Gasteiger partial charge is 0.254 e. The summed E-state index contributed by atoms with van der Waals surface area (Å²) in [6.45, 7) is 9.53. The van der Waals surface area contributed by atoms with Crippen molar-refractivity contribution < 1.29 is 4.74 Å². The highest BCUT2D eigenvalue weighted by molar-refractivity contribution is 5.56. The van der Waals surface area contributed by atoms with Gasteiger partial charge in [0.1, 0.15) is 11.6 Å². The first-order chi connectivity index (χ1) is 11.5. The van der Waals surface area contributed by atoms with Gasteiger partial charge in [0, 0.05) is 36.1 Å². The highest BCUT2D eigenvalue weighted by atomic mass is 16.5. The molecule has 0 amide bonds. The number of nitrogens with zero attached hydrogens (tertiary/aromatic N) is 3. The fourth-order valence-corrected chi connectivity index (χ4v) is 2.95. The molecule has 3 heterocycles.